The third-order valence-corrected chi connectivity index (χ3v) is 7.38. The third kappa shape index (κ3) is 3.20. The van der Waals surface area contributed by atoms with E-state index in [1.807, 2.05) is 26.0 Å². The van der Waals surface area contributed by atoms with E-state index in [9.17, 15) is 8.78 Å². The summed E-state index contributed by atoms with van der Waals surface area (Å²) >= 11 is 0. The van der Waals surface area contributed by atoms with Gasteiger partial charge in [-0.05, 0) is 59.7 Å². The minimum Gasteiger partial charge on any atom is -0.324 e. The maximum Gasteiger partial charge on any atom is 0.126 e. The van der Waals surface area contributed by atoms with Gasteiger partial charge in [0.2, 0.25) is 0 Å². The van der Waals surface area contributed by atoms with Crippen LogP contribution in [-0.2, 0) is 0 Å². The van der Waals surface area contributed by atoms with E-state index >= 15 is 0 Å². The number of quaternary nitrogens is 1. The molecule has 2 saturated heterocycles. The molecule has 0 spiro atoms. The molecule has 3 heteroatoms. The summed E-state index contributed by atoms with van der Waals surface area (Å²) in [4.78, 5) is 0. The summed E-state index contributed by atoms with van der Waals surface area (Å²) in [7, 11) is 4.72. The normalized spacial score (nSPS) is 25.6. The lowest BCUT2D eigenvalue weighted by Gasteiger charge is -2.44. The molecule has 2 aliphatic rings. The first-order valence-electron chi connectivity index (χ1n) is 10.3. The molecule has 2 aliphatic heterocycles. The summed E-state index contributed by atoms with van der Waals surface area (Å²) in [5, 5.41) is 0. The van der Waals surface area contributed by atoms with E-state index in [0.717, 1.165) is 34.0 Å². The van der Waals surface area contributed by atoms with E-state index in [2.05, 4.69) is 20.2 Å². The highest BCUT2D eigenvalue weighted by molar-refractivity contribution is 5.83. The molecular formula is C25H30F2N+. The predicted octanol–water partition coefficient (Wildman–Crippen LogP) is 6.03. The number of benzene rings is 2. The molecule has 1 nitrogen and oxygen atoms in total. The molecule has 2 heterocycles. The average Bonchev–Trinajstić information content (AvgIpc) is 2.83. The Morgan fingerprint density at radius 3 is 1.79 bits per heavy atom. The molecule has 2 fully saturated rings. The van der Waals surface area contributed by atoms with Crippen LogP contribution < -0.4 is 0 Å². The summed E-state index contributed by atoms with van der Waals surface area (Å²) in [5.74, 6) is 0.0296. The van der Waals surface area contributed by atoms with Crippen molar-refractivity contribution in [3.8, 4) is 0 Å². The third-order valence-electron chi connectivity index (χ3n) is 7.38. The highest BCUT2D eigenvalue weighted by atomic mass is 19.1. The van der Waals surface area contributed by atoms with Gasteiger partial charge < -0.3 is 4.48 Å². The molecule has 0 aromatic heterocycles. The van der Waals surface area contributed by atoms with Gasteiger partial charge in [-0.1, -0.05) is 30.3 Å². The summed E-state index contributed by atoms with van der Waals surface area (Å²) in [5.41, 5.74) is 3.99. The molecule has 28 heavy (non-hydrogen) atoms. The Bertz CT molecular complexity index is 859. The van der Waals surface area contributed by atoms with Crippen molar-refractivity contribution in [3.63, 3.8) is 0 Å². The Labute approximate surface area is 167 Å². The first kappa shape index (κ1) is 19.3. The van der Waals surface area contributed by atoms with Gasteiger partial charge in [0.15, 0.2) is 0 Å². The zero-order chi connectivity index (χ0) is 20.1. The van der Waals surface area contributed by atoms with Crippen LogP contribution in [0, 0.1) is 31.4 Å². The fourth-order valence-electron chi connectivity index (χ4n) is 5.42. The topological polar surface area (TPSA) is 0 Å². The van der Waals surface area contributed by atoms with Crippen molar-refractivity contribution in [2.45, 2.75) is 51.6 Å². The summed E-state index contributed by atoms with van der Waals surface area (Å²) < 4.78 is 29.8. The molecule has 2 aromatic carbocycles. The number of nitrogens with zero attached hydrogens (tertiary/aromatic N) is 1. The van der Waals surface area contributed by atoms with E-state index in [1.54, 1.807) is 12.1 Å². The Morgan fingerprint density at radius 2 is 1.32 bits per heavy atom. The standard InChI is InChI=1S/C25H30F2N/c1-16-21(7-5-9-24(16)26)23(22-8-6-10-25(27)17(22)2)15-18-13-19-11-12-20(14-18)28(19,3)4/h5-10,15,18-20H,11-14H2,1-4H3/q+1/t18?,19-,20+. The van der Waals surface area contributed by atoms with Crippen LogP contribution >= 0.6 is 0 Å². The molecule has 0 saturated carbocycles. The van der Waals surface area contributed by atoms with Crippen molar-refractivity contribution < 1.29 is 13.3 Å². The van der Waals surface area contributed by atoms with E-state index < -0.39 is 0 Å². The molecule has 0 amide bonds. The second kappa shape index (κ2) is 7.11. The van der Waals surface area contributed by atoms with Crippen molar-refractivity contribution in [2.24, 2.45) is 5.92 Å². The number of hydrogen-bond acceptors (Lipinski definition) is 0. The SMILES string of the molecule is Cc1c(F)cccc1C(=CC1C[C@H]2CC[C@@H](C1)[N+]2(C)C)c1cccc(F)c1C. The molecule has 2 bridgehead atoms. The fraction of sp³-hybridized carbons (Fsp3) is 0.440. The smallest absolute Gasteiger partial charge is 0.126 e. The van der Waals surface area contributed by atoms with Crippen molar-refractivity contribution in [1.29, 1.82) is 0 Å². The summed E-state index contributed by atoms with van der Waals surface area (Å²) in [6, 6.07) is 11.8. The van der Waals surface area contributed by atoms with Gasteiger partial charge in [-0.3, -0.25) is 0 Å². The molecule has 1 unspecified atom stereocenters. The van der Waals surface area contributed by atoms with Gasteiger partial charge in [0.05, 0.1) is 26.2 Å². The van der Waals surface area contributed by atoms with Gasteiger partial charge in [0, 0.05) is 25.7 Å². The van der Waals surface area contributed by atoms with Crippen molar-refractivity contribution >= 4 is 5.57 Å². The summed E-state index contributed by atoms with van der Waals surface area (Å²) in [6.45, 7) is 3.63. The minimum atomic E-state index is -0.209. The molecule has 2 aromatic rings. The zero-order valence-corrected chi connectivity index (χ0v) is 17.3. The van der Waals surface area contributed by atoms with E-state index in [-0.39, 0.29) is 11.6 Å². The average molecular weight is 383 g/mol. The van der Waals surface area contributed by atoms with Crippen LogP contribution in [-0.4, -0.2) is 30.7 Å². The maximum absolute atomic E-state index is 14.3. The maximum atomic E-state index is 14.3. The first-order chi connectivity index (χ1) is 13.3. The number of halogens is 2. The summed E-state index contributed by atoms with van der Waals surface area (Å²) in [6.07, 6.45) is 7.18. The van der Waals surface area contributed by atoms with Crippen LogP contribution in [0.4, 0.5) is 8.78 Å². The molecular weight excluding hydrogens is 352 g/mol. The number of hydrogen-bond donors (Lipinski definition) is 0. The van der Waals surface area contributed by atoms with Crippen molar-refractivity contribution in [3.05, 3.63) is 76.4 Å². The van der Waals surface area contributed by atoms with Crippen LogP contribution in [0.3, 0.4) is 0 Å². The number of rotatable bonds is 3. The molecule has 3 atom stereocenters. The number of fused-ring (bicyclic) bond motifs is 2. The second-order valence-electron chi connectivity index (χ2n) is 9.15. The Kier molecular flexibility index (Phi) is 4.91. The molecule has 0 radical (unpaired) electrons. The number of allylic oxidation sites excluding steroid dienone is 1. The zero-order valence-electron chi connectivity index (χ0n) is 17.3. The van der Waals surface area contributed by atoms with Gasteiger partial charge in [0.25, 0.3) is 0 Å². The van der Waals surface area contributed by atoms with Gasteiger partial charge in [-0.15, -0.1) is 0 Å². The van der Waals surface area contributed by atoms with Crippen LogP contribution in [0.15, 0.2) is 42.5 Å². The lowest BCUT2D eigenvalue weighted by molar-refractivity contribution is -0.931. The Balaban J connectivity index is 1.81. The molecule has 0 aliphatic carbocycles. The van der Waals surface area contributed by atoms with Crippen LogP contribution in [0.2, 0.25) is 0 Å². The Hall–Kier alpha value is -2.00. The Morgan fingerprint density at radius 1 is 0.857 bits per heavy atom. The lowest BCUT2D eigenvalue weighted by atomic mass is 9.83. The van der Waals surface area contributed by atoms with Gasteiger partial charge in [0.1, 0.15) is 11.6 Å². The fourth-order valence-corrected chi connectivity index (χ4v) is 5.42. The molecule has 4 rings (SSSR count). The largest absolute Gasteiger partial charge is 0.324 e. The molecule has 0 N–H and O–H groups in total. The minimum absolute atomic E-state index is 0.209. The van der Waals surface area contributed by atoms with Crippen LogP contribution in [0.1, 0.15) is 47.9 Å². The highest BCUT2D eigenvalue weighted by Gasteiger charge is 2.48. The van der Waals surface area contributed by atoms with E-state index in [1.165, 1.54) is 25.0 Å². The van der Waals surface area contributed by atoms with Gasteiger partial charge in [-0.25, -0.2) is 8.78 Å². The van der Waals surface area contributed by atoms with E-state index in [4.69, 9.17) is 0 Å². The first-order valence-corrected chi connectivity index (χ1v) is 10.3. The quantitative estimate of drug-likeness (QED) is 0.569. The van der Waals surface area contributed by atoms with Gasteiger partial charge in [-0.2, -0.15) is 0 Å². The monoisotopic (exact) mass is 382 g/mol. The molecule has 148 valence electrons. The van der Waals surface area contributed by atoms with E-state index in [0.29, 0.717) is 29.1 Å². The van der Waals surface area contributed by atoms with Crippen molar-refractivity contribution in [1.82, 2.24) is 0 Å². The van der Waals surface area contributed by atoms with Gasteiger partial charge >= 0.3 is 0 Å². The second-order valence-corrected chi connectivity index (χ2v) is 9.15. The van der Waals surface area contributed by atoms with Crippen molar-refractivity contribution in [2.75, 3.05) is 14.1 Å². The van der Waals surface area contributed by atoms with Crippen LogP contribution in [0.5, 0.6) is 0 Å². The highest BCUT2D eigenvalue weighted by Crippen LogP contribution is 2.44. The van der Waals surface area contributed by atoms with Crippen LogP contribution in [0.25, 0.3) is 5.57 Å². The lowest BCUT2D eigenvalue weighted by Crippen LogP contribution is -2.54. The predicted molar refractivity (Wildman–Crippen MR) is 111 cm³/mol. The number of piperidine rings is 1.